The molecule has 0 bridgehead atoms. The van der Waals surface area contributed by atoms with Gasteiger partial charge in [0, 0.05) is 24.8 Å². The summed E-state index contributed by atoms with van der Waals surface area (Å²) in [5.41, 5.74) is 0. The lowest BCUT2D eigenvalue weighted by atomic mass is 10.2. The molecule has 0 saturated carbocycles. The van der Waals surface area contributed by atoms with Crippen molar-refractivity contribution in [1.82, 2.24) is 4.90 Å². The molecule has 0 aliphatic carbocycles. The summed E-state index contributed by atoms with van der Waals surface area (Å²) in [5.74, 6) is 0.358. The molecule has 2 nitrogen and oxygen atoms in total. The Bertz CT molecular complexity index is 172. The summed E-state index contributed by atoms with van der Waals surface area (Å²) >= 11 is 1.90. The van der Waals surface area contributed by atoms with E-state index in [0.717, 1.165) is 37.6 Å². The van der Waals surface area contributed by atoms with Crippen molar-refractivity contribution in [1.29, 1.82) is 0 Å². The van der Waals surface area contributed by atoms with E-state index in [2.05, 4.69) is 13.2 Å². The Labute approximate surface area is 85.1 Å². The predicted octanol–water partition coefficient (Wildman–Crippen LogP) is 2.14. The van der Waals surface area contributed by atoms with E-state index in [0.29, 0.717) is 5.91 Å². The average Bonchev–Trinajstić information content (AvgIpc) is 2.52. The number of carbonyl (C=O) groups excluding carboxylic acids is 1. The fraction of sp³-hybridized carbons (Fsp3) is 0.900. The Hall–Kier alpha value is -0.180. The van der Waals surface area contributed by atoms with Crippen molar-refractivity contribution >= 4 is 17.7 Å². The molecule has 1 atom stereocenters. The third-order valence-corrected chi connectivity index (χ3v) is 3.65. The molecule has 1 rings (SSSR count). The zero-order valence-electron chi connectivity index (χ0n) is 8.58. The molecule has 1 heterocycles. The summed E-state index contributed by atoms with van der Waals surface area (Å²) in [6, 6.07) is 0. The molecule has 0 aromatic heterocycles. The fourth-order valence-corrected chi connectivity index (χ4v) is 2.03. The summed E-state index contributed by atoms with van der Waals surface area (Å²) in [5, 5.41) is 0.734. The lowest BCUT2D eigenvalue weighted by molar-refractivity contribution is -0.127. The van der Waals surface area contributed by atoms with E-state index in [1.165, 1.54) is 6.42 Å². The van der Waals surface area contributed by atoms with Gasteiger partial charge in [0.25, 0.3) is 0 Å². The monoisotopic (exact) mass is 201 g/mol. The molecule has 1 saturated heterocycles. The Kier molecular flexibility index (Phi) is 4.64. The van der Waals surface area contributed by atoms with Crippen LogP contribution < -0.4 is 0 Å². The Morgan fingerprint density at radius 2 is 2.38 bits per heavy atom. The van der Waals surface area contributed by atoms with E-state index in [1.54, 1.807) is 0 Å². The van der Waals surface area contributed by atoms with Gasteiger partial charge in [-0.25, -0.2) is 0 Å². The van der Waals surface area contributed by atoms with Crippen LogP contribution in [0.3, 0.4) is 0 Å². The number of hydrogen-bond acceptors (Lipinski definition) is 2. The number of nitrogens with zero attached hydrogens (tertiary/aromatic N) is 1. The maximum Gasteiger partial charge on any atom is 0.222 e. The third-order valence-electron chi connectivity index (χ3n) is 2.61. The van der Waals surface area contributed by atoms with Crippen molar-refractivity contribution < 1.29 is 4.79 Å². The van der Waals surface area contributed by atoms with Crippen LogP contribution in [0.25, 0.3) is 0 Å². The van der Waals surface area contributed by atoms with Gasteiger partial charge in [-0.3, -0.25) is 4.79 Å². The Morgan fingerprint density at radius 1 is 1.62 bits per heavy atom. The first-order chi connectivity index (χ1) is 6.24. The van der Waals surface area contributed by atoms with E-state index in [1.807, 2.05) is 16.7 Å². The molecule has 0 N–H and O–H groups in total. The van der Waals surface area contributed by atoms with Gasteiger partial charge in [0.15, 0.2) is 0 Å². The zero-order chi connectivity index (χ0) is 9.68. The van der Waals surface area contributed by atoms with E-state index in [4.69, 9.17) is 0 Å². The van der Waals surface area contributed by atoms with Crippen LogP contribution in [-0.2, 0) is 4.79 Å². The van der Waals surface area contributed by atoms with Gasteiger partial charge in [-0.05, 0) is 25.5 Å². The van der Waals surface area contributed by atoms with Crippen molar-refractivity contribution in [2.75, 3.05) is 19.3 Å². The predicted molar refractivity (Wildman–Crippen MR) is 58.0 cm³/mol. The van der Waals surface area contributed by atoms with Gasteiger partial charge in [0.1, 0.15) is 0 Å². The SMILES string of the molecule is CSC(C)CCCN1CCCC1=O. The maximum absolute atomic E-state index is 11.2. The minimum absolute atomic E-state index is 0.358. The minimum atomic E-state index is 0.358. The largest absolute Gasteiger partial charge is 0.343 e. The van der Waals surface area contributed by atoms with E-state index in [9.17, 15) is 4.79 Å². The first-order valence-corrected chi connectivity index (χ1v) is 6.33. The molecule has 3 heteroatoms. The molecule has 0 aromatic rings. The molecular formula is C10H19NOS. The van der Waals surface area contributed by atoms with Crippen molar-refractivity contribution in [2.45, 2.75) is 37.9 Å². The number of thioether (sulfide) groups is 1. The maximum atomic E-state index is 11.2. The molecule has 0 radical (unpaired) electrons. The average molecular weight is 201 g/mol. The minimum Gasteiger partial charge on any atom is -0.343 e. The smallest absolute Gasteiger partial charge is 0.222 e. The van der Waals surface area contributed by atoms with Gasteiger partial charge >= 0.3 is 0 Å². The highest BCUT2D eigenvalue weighted by molar-refractivity contribution is 7.99. The lowest BCUT2D eigenvalue weighted by Crippen LogP contribution is -2.25. The zero-order valence-corrected chi connectivity index (χ0v) is 9.40. The number of hydrogen-bond donors (Lipinski definition) is 0. The van der Waals surface area contributed by atoms with E-state index in [-0.39, 0.29) is 0 Å². The second kappa shape index (κ2) is 5.53. The van der Waals surface area contributed by atoms with E-state index < -0.39 is 0 Å². The van der Waals surface area contributed by atoms with Crippen LogP contribution in [0.1, 0.15) is 32.6 Å². The summed E-state index contributed by atoms with van der Waals surface area (Å²) in [6.45, 7) is 4.21. The van der Waals surface area contributed by atoms with Crippen LogP contribution in [-0.4, -0.2) is 35.4 Å². The van der Waals surface area contributed by atoms with Gasteiger partial charge in [-0.15, -0.1) is 0 Å². The quantitative estimate of drug-likeness (QED) is 0.679. The first kappa shape index (κ1) is 10.9. The molecule has 1 fully saturated rings. The molecule has 13 heavy (non-hydrogen) atoms. The second-order valence-electron chi connectivity index (χ2n) is 3.67. The van der Waals surface area contributed by atoms with Crippen molar-refractivity contribution in [3.05, 3.63) is 0 Å². The normalized spacial score (nSPS) is 19.5. The molecule has 1 unspecified atom stereocenters. The summed E-state index contributed by atoms with van der Waals surface area (Å²) in [7, 11) is 0. The third kappa shape index (κ3) is 3.59. The number of likely N-dealkylation sites (tertiary alicyclic amines) is 1. The van der Waals surface area contributed by atoms with Gasteiger partial charge in [-0.2, -0.15) is 11.8 Å². The number of amides is 1. The van der Waals surface area contributed by atoms with Gasteiger partial charge in [-0.1, -0.05) is 6.92 Å². The van der Waals surface area contributed by atoms with Crippen molar-refractivity contribution in [2.24, 2.45) is 0 Å². The Morgan fingerprint density at radius 3 is 2.92 bits per heavy atom. The second-order valence-corrected chi connectivity index (χ2v) is 4.95. The van der Waals surface area contributed by atoms with Crippen LogP contribution in [0.4, 0.5) is 0 Å². The fourth-order valence-electron chi connectivity index (χ4n) is 1.63. The molecule has 76 valence electrons. The summed E-state index contributed by atoms with van der Waals surface area (Å²) < 4.78 is 0. The van der Waals surface area contributed by atoms with Crippen LogP contribution in [0.2, 0.25) is 0 Å². The van der Waals surface area contributed by atoms with Gasteiger partial charge in [0.2, 0.25) is 5.91 Å². The molecule has 1 amide bonds. The summed E-state index contributed by atoms with van der Waals surface area (Å²) in [6.07, 6.45) is 6.37. The first-order valence-electron chi connectivity index (χ1n) is 5.04. The van der Waals surface area contributed by atoms with Crippen LogP contribution in [0, 0.1) is 0 Å². The van der Waals surface area contributed by atoms with Crippen LogP contribution in [0.5, 0.6) is 0 Å². The van der Waals surface area contributed by atoms with Crippen LogP contribution in [0.15, 0.2) is 0 Å². The summed E-state index contributed by atoms with van der Waals surface area (Å²) in [4.78, 5) is 13.2. The van der Waals surface area contributed by atoms with Crippen molar-refractivity contribution in [3.63, 3.8) is 0 Å². The topological polar surface area (TPSA) is 20.3 Å². The molecule has 1 aliphatic rings. The number of carbonyl (C=O) groups is 1. The highest BCUT2D eigenvalue weighted by atomic mass is 32.2. The molecule has 0 aromatic carbocycles. The number of rotatable bonds is 5. The standard InChI is InChI=1S/C10H19NOS/c1-9(13-2)5-3-7-11-8-4-6-10(11)12/h9H,3-8H2,1-2H3. The van der Waals surface area contributed by atoms with Crippen LogP contribution >= 0.6 is 11.8 Å². The molecular weight excluding hydrogens is 182 g/mol. The molecule has 1 aliphatic heterocycles. The van der Waals surface area contributed by atoms with Gasteiger partial charge in [0.05, 0.1) is 0 Å². The van der Waals surface area contributed by atoms with Crippen molar-refractivity contribution in [3.8, 4) is 0 Å². The highest BCUT2D eigenvalue weighted by Gasteiger charge is 2.19. The Balaban J connectivity index is 2.08. The lowest BCUT2D eigenvalue weighted by Gasteiger charge is -2.16. The van der Waals surface area contributed by atoms with E-state index >= 15 is 0 Å². The van der Waals surface area contributed by atoms with Gasteiger partial charge < -0.3 is 4.90 Å². The highest BCUT2D eigenvalue weighted by Crippen LogP contribution is 2.14. The molecule has 0 spiro atoms.